The molecule has 4 nitrogen and oxygen atoms in total. The van der Waals surface area contributed by atoms with Crippen LogP contribution in [-0.4, -0.2) is 17.5 Å². The van der Waals surface area contributed by atoms with Crippen LogP contribution in [0.2, 0.25) is 0 Å². The second-order valence-electron chi connectivity index (χ2n) is 3.08. The second kappa shape index (κ2) is 4.09. The molecule has 0 aliphatic carbocycles. The van der Waals surface area contributed by atoms with Gasteiger partial charge >= 0.3 is 0 Å². The molecule has 0 fully saturated rings. The fourth-order valence-corrected chi connectivity index (χ4v) is 1.15. The Kier molecular flexibility index (Phi) is 3.06. The van der Waals surface area contributed by atoms with Gasteiger partial charge in [-0.25, -0.2) is 0 Å². The molecule has 1 rings (SSSR count). The third-order valence-electron chi connectivity index (χ3n) is 2.17. The van der Waals surface area contributed by atoms with Crippen molar-refractivity contribution in [2.24, 2.45) is 0 Å². The average molecular weight is 195 g/mol. The Morgan fingerprint density at radius 3 is 2.71 bits per heavy atom. The molecule has 0 spiro atoms. The molecule has 1 aromatic heterocycles. The van der Waals surface area contributed by atoms with Crippen LogP contribution in [-0.2, 0) is 4.79 Å². The Bertz CT molecular complexity index is 395. The molecule has 1 heterocycles. The van der Waals surface area contributed by atoms with E-state index >= 15 is 0 Å². The molecule has 0 saturated carbocycles. The van der Waals surface area contributed by atoms with E-state index in [9.17, 15) is 9.59 Å². The van der Waals surface area contributed by atoms with Gasteiger partial charge in [0.2, 0.25) is 0 Å². The van der Waals surface area contributed by atoms with Crippen molar-refractivity contribution in [1.82, 2.24) is 4.57 Å². The van der Waals surface area contributed by atoms with Crippen molar-refractivity contribution in [3.05, 3.63) is 28.7 Å². The predicted molar refractivity (Wildman–Crippen MR) is 52.6 cm³/mol. The molecule has 4 heteroatoms. The Hall–Kier alpha value is -1.58. The number of carbonyl (C=O) groups excluding carboxylic acids is 1. The minimum absolute atomic E-state index is 0.0552. The fraction of sp³-hybridized carbons (Fsp3) is 0.400. The Balaban J connectivity index is 3.23. The number of rotatable bonds is 3. The number of pyridine rings is 1. The first-order chi connectivity index (χ1) is 6.57. The number of methoxy groups -OCH3 is 1. The van der Waals surface area contributed by atoms with Gasteiger partial charge < -0.3 is 9.30 Å². The van der Waals surface area contributed by atoms with Crippen LogP contribution in [0.25, 0.3) is 0 Å². The Morgan fingerprint density at radius 1 is 1.57 bits per heavy atom. The topological polar surface area (TPSA) is 48.3 Å². The van der Waals surface area contributed by atoms with Gasteiger partial charge in [0.15, 0.2) is 11.5 Å². The summed E-state index contributed by atoms with van der Waals surface area (Å²) in [6, 6.07) is 2.81. The van der Waals surface area contributed by atoms with E-state index in [0.717, 1.165) is 0 Å². The average Bonchev–Trinajstić information content (AvgIpc) is 2.17. The normalized spacial score (nSPS) is 12.2. The van der Waals surface area contributed by atoms with Gasteiger partial charge in [0.05, 0.1) is 13.2 Å². The summed E-state index contributed by atoms with van der Waals surface area (Å²) in [5.41, 5.74) is -0.280. The summed E-state index contributed by atoms with van der Waals surface area (Å²) in [6.45, 7) is 3.14. The molecule has 1 atom stereocenters. The van der Waals surface area contributed by atoms with Crippen LogP contribution in [0, 0.1) is 0 Å². The van der Waals surface area contributed by atoms with Crippen LogP contribution >= 0.6 is 0 Å². The number of hydrogen-bond donors (Lipinski definition) is 0. The Morgan fingerprint density at radius 2 is 2.21 bits per heavy atom. The van der Waals surface area contributed by atoms with Crippen LogP contribution in [0.1, 0.15) is 19.9 Å². The zero-order valence-electron chi connectivity index (χ0n) is 8.48. The number of carbonyl (C=O) groups is 1. The minimum atomic E-state index is -0.447. The van der Waals surface area contributed by atoms with Crippen LogP contribution in [0.15, 0.2) is 23.1 Å². The lowest BCUT2D eigenvalue weighted by Crippen LogP contribution is -2.26. The molecule has 0 radical (unpaired) electrons. The molecule has 0 bridgehead atoms. The van der Waals surface area contributed by atoms with Gasteiger partial charge in [0.25, 0.3) is 5.56 Å². The summed E-state index contributed by atoms with van der Waals surface area (Å²) in [5, 5.41) is 0. The van der Waals surface area contributed by atoms with Gasteiger partial charge in [-0.2, -0.15) is 0 Å². The van der Waals surface area contributed by atoms with Crippen molar-refractivity contribution in [3.8, 4) is 5.75 Å². The van der Waals surface area contributed by atoms with Crippen molar-refractivity contribution in [2.75, 3.05) is 7.11 Å². The maximum atomic E-state index is 11.6. The third-order valence-corrected chi connectivity index (χ3v) is 2.17. The van der Waals surface area contributed by atoms with Gasteiger partial charge in [0, 0.05) is 6.20 Å². The maximum Gasteiger partial charge on any atom is 0.293 e. The van der Waals surface area contributed by atoms with Crippen molar-refractivity contribution in [1.29, 1.82) is 0 Å². The molecule has 1 unspecified atom stereocenters. The van der Waals surface area contributed by atoms with E-state index in [4.69, 9.17) is 4.74 Å². The van der Waals surface area contributed by atoms with Crippen molar-refractivity contribution >= 4 is 5.78 Å². The van der Waals surface area contributed by atoms with E-state index < -0.39 is 6.04 Å². The van der Waals surface area contributed by atoms with Gasteiger partial charge in [-0.1, -0.05) is 0 Å². The predicted octanol–water partition coefficient (Wildman–Crippen LogP) is 1.01. The highest BCUT2D eigenvalue weighted by atomic mass is 16.5. The summed E-state index contributed by atoms with van der Waals surface area (Å²) >= 11 is 0. The molecule has 0 aliphatic rings. The van der Waals surface area contributed by atoms with Gasteiger partial charge in [-0.05, 0) is 26.0 Å². The molecule has 0 N–H and O–H groups in total. The Labute approximate surface area is 82.1 Å². The van der Waals surface area contributed by atoms with E-state index in [1.165, 1.54) is 18.6 Å². The SMILES string of the molecule is COc1cccn(C(C)C(C)=O)c1=O. The van der Waals surface area contributed by atoms with E-state index in [1.807, 2.05) is 0 Å². The largest absolute Gasteiger partial charge is 0.491 e. The van der Waals surface area contributed by atoms with E-state index in [1.54, 1.807) is 25.3 Å². The first-order valence-electron chi connectivity index (χ1n) is 4.33. The summed E-state index contributed by atoms with van der Waals surface area (Å²) in [5.74, 6) is 0.195. The number of ketones is 1. The maximum absolute atomic E-state index is 11.6. The number of hydrogen-bond acceptors (Lipinski definition) is 3. The summed E-state index contributed by atoms with van der Waals surface area (Å²) in [6.07, 6.45) is 1.58. The van der Waals surface area contributed by atoms with Crippen LogP contribution < -0.4 is 10.3 Å². The van der Waals surface area contributed by atoms with Gasteiger partial charge in [-0.15, -0.1) is 0 Å². The first-order valence-corrected chi connectivity index (χ1v) is 4.33. The molecular weight excluding hydrogens is 182 g/mol. The molecule has 0 saturated heterocycles. The van der Waals surface area contributed by atoms with Crippen molar-refractivity contribution in [3.63, 3.8) is 0 Å². The lowest BCUT2D eigenvalue weighted by atomic mass is 10.2. The number of ether oxygens (including phenoxy) is 1. The van der Waals surface area contributed by atoms with Crippen LogP contribution in [0.5, 0.6) is 5.75 Å². The van der Waals surface area contributed by atoms with E-state index in [2.05, 4.69) is 0 Å². The van der Waals surface area contributed by atoms with Gasteiger partial charge in [-0.3, -0.25) is 9.59 Å². The highest BCUT2D eigenvalue weighted by Crippen LogP contribution is 2.07. The second-order valence-corrected chi connectivity index (χ2v) is 3.08. The van der Waals surface area contributed by atoms with Crippen LogP contribution in [0.3, 0.4) is 0 Å². The molecule has 0 aliphatic heterocycles. The zero-order chi connectivity index (χ0) is 10.7. The standard InChI is InChI=1S/C10H13NO3/c1-7(8(2)12)11-6-4-5-9(14-3)10(11)13/h4-7H,1-3H3. The number of nitrogens with zero attached hydrogens (tertiary/aromatic N) is 1. The van der Waals surface area contributed by atoms with Gasteiger partial charge in [0.1, 0.15) is 0 Å². The zero-order valence-corrected chi connectivity index (χ0v) is 8.48. The molecular formula is C10H13NO3. The third kappa shape index (κ3) is 1.84. The minimum Gasteiger partial charge on any atom is -0.491 e. The lowest BCUT2D eigenvalue weighted by Gasteiger charge is -2.12. The molecule has 0 aromatic carbocycles. The highest BCUT2D eigenvalue weighted by molar-refractivity contribution is 5.79. The van der Waals surface area contributed by atoms with E-state index in [0.29, 0.717) is 0 Å². The smallest absolute Gasteiger partial charge is 0.293 e. The highest BCUT2D eigenvalue weighted by Gasteiger charge is 2.12. The van der Waals surface area contributed by atoms with Crippen molar-refractivity contribution < 1.29 is 9.53 Å². The van der Waals surface area contributed by atoms with Crippen LogP contribution in [0.4, 0.5) is 0 Å². The lowest BCUT2D eigenvalue weighted by molar-refractivity contribution is -0.119. The quantitative estimate of drug-likeness (QED) is 0.723. The first kappa shape index (κ1) is 10.5. The molecule has 76 valence electrons. The monoisotopic (exact) mass is 195 g/mol. The summed E-state index contributed by atoms with van der Waals surface area (Å²) in [7, 11) is 1.43. The van der Waals surface area contributed by atoms with Crippen molar-refractivity contribution in [2.45, 2.75) is 19.9 Å². The molecule has 14 heavy (non-hydrogen) atoms. The summed E-state index contributed by atoms with van der Waals surface area (Å²) in [4.78, 5) is 22.7. The van der Waals surface area contributed by atoms with E-state index in [-0.39, 0.29) is 17.1 Å². The fourth-order valence-electron chi connectivity index (χ4n) is 1.15. The number of aromatic nitrogens is 1. The molecule has 1 aromatic rings. The number of Topliss-reactive ketones (excluding diaryl/α,β-unsaturated/α-hetero) is 1. The molecule has 0 amide bonds. The summed E-state index contributed by atoms with van der Waals surface area (Å²) < 4.78 is 6.23.